The summed E-state index contributed by atoms with van der Waals surface area (Å²) in [6.45, 7) is 12.1. The normalized spacial score (nSPS) is 11.0. The fourth-order valence-corrected chi connectivity index (χ4v) is 4.76. The number of alkyl halides is 2. The van der Waals surface area contributed by atoms with Gasteiger partial charge in [0.05, 0.1) is 28.1 Å². The summed E-state index contributed by atoms with van der Waals surface area (Å²) in [6, 6.07) is 3.17. The maximum Gasteiger partial charge on any atom is 0.272 e. The van der Waals surface area contributed by atoms with Gasteiger partial charge in [0.1, 0.15) is 17.2 Å². The average molecular weight is 557 g/mol. The van der Waals surface area contributed by atoms with Crippen molar-refractivity contribution in [2.75, 3.05) is 11.3 Å². The number of nitrogens with zero attached hydrogens (tertiary/aromatic N) is 4. The highest BCUT2D eigenvalue weighted by molar-refractivity contribution is 7.93. The van der Waals surface area contributed by atoms with E-state index < -0.39 is 23.1 Å². The SMILES string of the molecule is CC.CC.Cc1cnn(-c2c(Cl)ccc3c(S(=O)(=O)Nc4nc(C)c(OCC(F)F)c(C)n4)c[nH]c23)c1. The van der Waals surface area contributed by atoms with Crippen LogP contribution >= 0.6 is 11.6 Å². The lowest BCUT2D eigenvalue weighted by Gasteiger charge is -2.13. The van der Waals surface area contributed by atoms with Crippen molar-refractivity contribution in [3.63, 3.8) is 0 Å². The molecule has 4 rings (SSSR count). The molecular weight excluding hydrogens is 526 g/mol. The highest BCUT2D eigenvalue weighted by atomic mass is 35.5. The summed E-state index contributed by atoms with van der Waals surface area (Å²) in [5, 5.41) is 5.03. The first kappa shape index (κ1) is 30.0. The quantitative estimate of drug-likeness (QED) is 0.279. The van der Waals surface area contributed by atoms with Crippen LogP contribution < -0.4 is 9.46 Å². The Labute approximate surface area is 220 Å². The number of aryl methyl sites for hydroxylation is 3. The predicted molar refractivity (Wildman–Crippen MR) is 142 cm³/mol. The van der Waals surface area contributed by atoms with E-state index in [9.17, 15) is 17.2 Å². The topological polar surface area (TPSA) is 115 Å². The lowest BCUT2D eigenvalue weighted by molar-refractivity contribution is 0.0808. The third-order valence-corrected chi connectivity index (χ3v) is 6.43. The number of ether oxygens (including phenoxy) is 1. The van der Waals surface area contributed by atoms with Crippen LogP contribution in [0, 0.1) is 20.8 Å². The molecule has 202 valence electrons. The first-order valence-electron chi connectivity index (χ1n) is 11.7. The number of anilines is 1. The van der Waals surface area contributed by atoms with E-state index in [1.807, 2.05) is 34.6 Å². The molecule has 0 saturated carbocycles. The summed E-state index contributed by atoms with van der Waals surface area (Å²) in [5.74, 6) is -0.125. The number of nitrogens with one attached hydrogen (secondary N) is 2. The summed E-state index contributed by atoms with van der Waals surface area (Å²) in [4.78, 5) is 11.0. The van der Waals surface area contributed by atoms with Gasteiger partial charge in [0.2, 0.25) is 5.95 Å². The number of H-pyrrole nitrogens is 1. The van der Waals surface area contributed by atoms with Crippen molar-refractivity contribution >= 4 is 38.5 Å². The summed E-state index contributed by atoms with van der Waals surface area (Å²) >= 11 is 6.37. The molecule has 2 N–H and O–H groups in total. The zero-order chi connectivity index (χ0) is 27.9. The molecule has 13 heteroatoms. The molecule has 0 unspecified atom stereocenters. The molecule has 9 nitrogen and oxygen atoms in total. The van der Waals surface area contributed by atoms with E-state index in [0.717, 1.165) is 5.56 Å². The summed E-state index contributed by atoms with van der Waals surface area (Å²) in [5.41, 5.74) is 2.35. The molecule has 0 fully saturated rings. The molecule has 0 bridgehead atoms. The second-order valence-corrected chi connectivity index (χ2v) is 9.35. The van der Waals surface area contributed by atoms with E-state index in [2.05, 4.69) is 24.8 Å². The molecule has 0 radical (unpaired) electrons. The van der Waals surface area contributed by atoms with Crippen LogP contribution in [0.5, 0.6) is 5.75 Å². The molecule has 37 heavy (non-hydrogen) atoms. The van der Waals surface area contributed by atoms with Gasteiger partial charge >= 0.3 is 0 Å². The van der Waals surface area contributed by atoms with Crippen molar-refractivity contribution in [1.82, 2.24) is 24.7 Å². The van der Waals surface area contributed by atoms with Crippen LogP contribution in [0.2, 0.25) is 5.02 Å². The Morgan fingerprint density at radius 3 is 2.27 bits per heavy atom. The Hall–Kier alpha value is -3.25. The maximum atomic E-state index is 13.1. The Kier molecular flexibility index (Phi) is 10.4. The van der Waals surface area contributed by atoms with E-state index in [-0.39, 0.29) is 28.0 Å². The van der Waals surface area contributed by atoms with E-state index in [1.165, 1.54) is 20.0 Å². The number of aromatic amines is 1. The van der Waals surface area contributed by atoms with Gasteiger partial charge in [-0.3, -0.25) is 0 Å². The first-order chi connectivity index (χ1) is 17.6. The van der Waals surface area contributed by atoms with Crippen LogP contribution in [0.25, 0.3) is 16.6 Å². The maximum absolute atomic E-state index is 13.1. The third kappa shape index (κ3) is 6.75. The van der Waals surface area contributed by atoms with E-state index in [0.29, 0.717) is 21.6 Å². The van der Waals surface area contributed by atoms with Gasteiger partial charge in [0, 0.05) is 17.8 Å². The number of benzene rings is 1. The van der Waals surface area contributed by atoms with Gasteiger partial charge in [-0.25, -0.2) is 36.6 Å². The van der Waals surface area contributed by atoms with Gasteiger partial charge in [-0.15, -0.1) is 0 Å². The Bertz CT molecular complexity index is 1430. The fourth-order valence-electron chi connectivity index (χ4n) is 3.40. The molecule has 4 aromatic rings. The lowest BCUT2D eigenvalue weighted by Crippen LogP contribution is -2.17. The molecule has 0 saturated heterocycles. The van der Waals surface area contributed by atoms with Gasteiger partial charge < -0.3 is 9.72 Å². The smallest absolute Gasteiger partial charge is 0.272 e. The van der Waals surface area contributed by atoms with E-state index in [4.69, 9.17) is 16.3 Å². The van der Waals surface area contributed by atoms with Crippen molar-refractivity contribution in [3.05, 3.63) is 52.7 Å². The van der Waals surface area contributed by atoms with Crippen molar-refractivity contribution in [3.8, 4) is 11.4 Å². The second-order valence-electron chi connectivity index (χ2n) is 7.29. The summed E-state index contributed by atoms with van der Waals surface area (Å²) < 4.78 is 60.1. The largest absolute Gasteiger partial charge is 0.484 e. The van der Waals surface area contributed by atoms with Crippen LogP contribution in [0.4, 0.5) is 14.7 Å². The third-order valence-electron chi connectivity index (χ3n) is 4.76. The van der Waals surface area contributed by atoms with Gasteiger partial charge in [-0.05, 0) is 38.5 Å². The highest BCUT2D eigenvalue weighted by Gasteiger charge is 2.24. The van der Waals surface area contributed by atoms with Crippen LogP contribution in [-0.4, -0.2) is 46.2 Å². The predicted octanol–water partition coefficient (Wildman–Crippen LogP) is 6.22. The van der Waals surface area contributed by atoms with Gasteiger partial charge in [-0.1, -0.05) is 39.3 Å². The zero-order valence-electron chi connectivity index (χ0n) is 21.7. The van der Waals surface area contributed by atoms with Crippen LogP contribution in [-0.2, 0) is 10.0 Å². The Morgan fingerprint density at radius 2 is 1.73 bits per heavy atom. The zero-order valence-corrected chi connectivity index (χ0v) is 23.3. The first-order valence-corrected chi connectivity index (χ1v) is 13.5. The molecule has 0 aliphatic carbocycles. The molecule has 0 aliphatic heterocycles. The van der Waals surface area contributed by atoms with Crippen molar-refractivity contribution in [2.24, 2.45) is 0 Å². The van der Waals surface area contributed by atoms with Gasteiger partial charge in [0.25, 0.3) is 16.4 Å². The Morgan fingerprint density at radius 1 is 1.11 bits per heavy atom. The molecular formula is C24H31ClF2N6O3S. The Balaban J connectivity index is 0.00000115. The molecule has 0 aliphatic rings. The van der Waals surface area contributed by atoms with Gasteiger partial charge in [-0.2, -0.15) is 5.10 Å². The van der Waals surface area contributed by atoms with Crippen molar-refractivity contribution in [1.29, 1.82) is 0 Å². The minimum atomic E-state index is -4.12. The van der Waals surface area contributed by atoms with Crippen LogP contribution in [0.1, 0.15) is 44.6 Å². The second kappa shape index (κ2) is 12.8. The summed E-state index contributed by atoms with van der Waals surface area (Å²) in [7, 11) is -4.12. The monoisotopic (exact) mass is 556 g/mol. The van der Waals surface area contributed by atoms with Crippen molar-refractivity contribution in [2.45, 2.75) is 59.8 Å². The summed E-state index contributed by atoms with van der Waals surface area (Å²) in [6.07, 6.45) is 2.11. The number of hydrogen-bond donors (Lipinski definition) is 2. The van der Waals surface area contributed by atoms with E-state index in [1.54, 1.807) is 29.2 Å². The molecule has 0 atom stereocenters. The van der Waals surface area contributed by atoms with E-state index >= 15 is 0 Å². The molecule has 3 aromatic heterocycles. The minimum Gasteiger partial charge on any atom is -0.484 e. The van der Waals surface area contributed by atoms with Gasteiger partial charge in [0.15, 0.2) is 5.75 Å². The molecule has 3 heterocycles. The minimum absolute atomic E-state index is 0.0452. The van der Waals surface area contributed by atoms with Crippen LogP contribution in [0.3, 0.4) is 0 Å². The number of halogens is 3. The van der Waals surface area contributed by atoms with Crippen molar-refractivity contribution < 1.29 is 21.9 Å². The molecule has 0 amide bonds. The van der Waals surface area contributed by atoms with Crippen LogP contribution in [0.15, 0.2) is 35.6 Å². The fraction of sp³-hybridized carbons (Fsp3) is 0.375. The lowest BCUT2D eigenvalue weighted by atomic mass is 10.2. The molecule has 0 spiro atoms. The number of rotatable bonds is 7. The number of aromatic nitrogens is 5. The molecule has 1 aromatic carbocycles. The highest BCUT2D eigenvalue weighted by Crippen LogP contribution is 2.33. The number of sulfonamides is 1. The average Bonchev–Trinajstić information content (AvgIpc) is 3.47. The number of fused-ring (bicyclic) bond motifs is 1. The standard InChI is InChI=1S/C20H19ClF2N6O3S.2C2H6/c1-10-6-25-29(8-10)18-14(21)5-4-13-15(7-24-17(13)18)33(30,31)28-20-26-11(2)19(12(3)27-20)32-9-16(22)23;2*1-2/h4-8,16,24H,9H2,1-3H3,(H,26,27,28);2*1-2H3. The number of hydrogen-bond acceptors (Lipinski definition) is 6.